The number of alkyl halides is 10. The second-order valence-electron chi connectivity index (χ2n) is 11.6. The van der Waals surface area contributed by atoms with Crippen LogP contribution >= 0.6 is 0 Å². The Morgan fingerprint density at radius 3 is 1.80 bits per heavy atom. The smallest absolute Gasteiger partial charge is 0.428 e. The molecule has 17 heteroatoms. The van der Waals surface area contributed by atoms with Crippen LogP contribution in [0.25, 0.3) is 0 Å². The van der Waals surface area contributed by atoms with Gasteiger partial charge in [-0.1, -0.05) is 30.3 Å². The number of ether oxygens (including phenoxy) is 1. The van der Waals surface area contributed by atoms with Crippen molar-refractivity contribution >= 4 is 5.91 Å². The Hall–Kier alpha value is -4.80. The molecule has 274 valence electrons. The van der Waals surface area contributed by atoms with Crippen molar-refractivity contribution in [1.82, 2.24) is 10.2 Å². The molecule has 0 spiro atoms. The van der Waals surface area contributed by atoms with Crippen molar-refractivity contribution in [2.24, 2.45) is 0 Å². The van der Waals surface area contributed by atoms with Gasteiger partial charge < -0.3 is 15.0 Å². The highest BCUT2D eigenvalue weighted by atomic mass is 19.4. The Morgan fingerprint density at radius 1 is 0.706 bits per heavy atom. The zero-order valence-corrected chi connectivity index (χ0v) is 26.2. The first-order chi connectivity index (χ1) is 23.5. The summed E-state index contributed by atoms with van der Waals surface area (Å²) < 4.78 is 184. The number of hydrogen-bond donors (Lipinski definition) is 1. The number of rotatable bonds is 11. The fourth-order valence-electron chi connectivity index (χ4n) is 5.22. The fourth-order valence-corrected chi connectivity index (χ4v) is 5.22. The number of amides is 1. The van der Waals surface area contributed by atoms with Gasteiger partial charge in [0.25, 0.3) is 5.91 Å². The van der Waals surface area contributed by atoms with E-state index in [2.05, 4.69) is 10.1 Å². The molecule has 4 aromatic rings. The summed E-state index contributed by atoms with van der Waals surface area (Å²) in [5.74, 6) is -7.93. The number of halogens is 13. The van der Waals surface area contributed by atoms with Crippen LogP contribution in [-0.4, -0.2) is 37.4 Å². The van der Waals surface area contributed by atoms with Gasteiger partial charge in [-0.05, 0) is 78.8 Å². The molecule has 1 N–H and O–H groups in total. The van der Waals surface area contributed by atoms with Crippen molar-refractivity contribution in [1.29, 1.82) is 0 Å². The zero-order chi connectivity index (χ0) is 38.1. The molecule has 0 radical (unpaired) electrons. The van der Waals surface area contributed by atoms with E-state index in [0.29, 0.717) is 42.4 Å². The van der Waals surface area contributed by atoms with Crippen LogP contribution in [0.1, 0.15) is 43.7 Å². The van der Waals surface area contributed by atoms with Crippen LogP contribution in [0.2, 0.25) is 0 Å². The number of benzene rings is 4. The second-order valence-corrected chi connectivity index (χ2v) is 11.6. The number of nitrogens with zero attached hydrogens (tertiary/aromatic N) is 1. The van der Waals surface area contributed by atoms with Gasteiger partial charge in [0, 0.05) is 24.6 Å². The monoisotopic (exact) mass is 740 g/mol. The third kappa shape index (κ3) is 9.11. The number of nitrogens with one attached hydrogen (secondary N) is 1. The molecule has 1 atom stereocenters. The second kappa shape index (κ2) is 14.4. The average molecular weight is 741 g/mol. The van der Waals surface area contributed by atoms with Gasteiger partial charge in [-0.15, -0.1) is 0 Å². The zero-order valence-electron chi connectivity index (χ0n) is 26.2. The van der Waals surface area contributed by atoms with Gasteiger partial charge in [-0.25, -0.2) is 13.2 Å². The summed E-state index contributed by atoms with van der Waals surface area (Å²) in [7, 11) is 3.48. The fraction of sp³-hybridized carbons (Fsp3) is 0.265. The highest BCUT2D eigenvalue weighted by molar-refractivity contribution is 5.95. The lowest BCUT2D eigenvalue weighted by Crippen LogP contribution is -2.49. The minimum absolute atomic E-state index is 0.0839. The molecule has 4 rings (SSSR count). The van der Waals surface area contributed by atoms with Crippen molar-refractivity contribution < 1.29 is 66.6 Å². The Labute approximate surface area is 281 Å². The van der Waals surface area contributed by atoms with Gasteiger partial charge in [0.2, 0.25) is 0 Å². The van der Waals surface area contributed by atoms with Crippen LogP contribution in [0.15, 0.2) is 78.9 Å². The average Bonchev–Trinajstić information content (AvgIpc) is 3.00. The lowest BCUT2D eigenvalue weighted by Gasteiger charge is -2.37. The molecule has 0 aliphatic heterocycles. The van der Waals surface area contributed by atoms with E-state index >= 15 is 4.39 Å². The summed E-state index contributed by atoms with van der Waals surface area (Å²) >= 11 is 0. The molecule has 1 amide bonds. The van der Waals surface area contributed by atoms with Crippen molar-refractivity contribution in [2.45, 2.75) is 43.4 Å². The summed E-state index contributed by atoms with van der Waals surface area (Å²) in [4.78, 5) is 15.5. The lowest BCUT2D eigenvalue weighted by atomic mass is 9.76. The summed E-state index contributed by atoms with van der Waals surface area (Å²) in [5, 5.41) is 2.23. The van der Waals surface area contributed by atoms with E-state index in [4.69, 9.17) is 0 Å². The van der Waals surface area contributed by atoms with Gasteiger partial charge in [0.05, 0.1) is 16.7 Å². The third-order valence-electron chi connectivity index (χ3n) is 7.49. The summed E-state index contributed by atoms with van der Waals surface area (Å²) in [6.45, 7) is 0.393. The van der Waals surface area contributed by atoms with Crippen LogP contribution in [0, 0.1) is 17.5 Å². The SMILES string of the molecule is CN(C)Cc1ccc(CC(NC(=O)c2ccc(F)c(C(F)(F)F)c2)(c2cc(F)cc(OC(F)(F)C(F)F)c2)c2ccc(F)c(C(F)(F)F)c2)cc1. The molecule has 4 aromatic carbocycles. The van der Waals surface area contributed by atoms with Crippen molar-refractivity contribution in [3.05, 3.63) is 135 Å². The van der Waals surface area contributed by atoms with Crippen LogP contribution in [0.5, 0.6) is 5.75 Å². The predicted molar refractivity (Wildman–Crippen MR) is 157 cm³/mol. The van der Waals surface area contributed by atoms with Gasteiger partial charge in [-0.3, -0.25) is 4.79 Å². The summed E-state index contributed by atoms with van der Waals surface area (Å²) in [6, 6.07) is 9.32. The van der Waals surface area contributed by atoms with E-state index < -0.39 is 93.8 Å². The van der Waals surface area contributed by atoms with Crippen molar-refractivity contribution in [2.75, 3.05) is 14.1 Å². The largest absolute Gasteiger partial charge is 0.461 e. The highest BCUT2D eigenvalue weighted by Gasteiger charge is 2.46. The maximum atomic E-state index is 15.1. The standard InChI is InChI=1S/C34H25F13N2O2/c1-49(2)17-19-5-3-18(4-6-19)16-31(21-8-10-28(37)26(14-21)33(43,44)45,22-12-23(35)15-24(13-22)51-34(46,47)30(38)39)48-29(50)20-7-9-27(36)25(11-20)32(40,41)42/h3-15,30H,16-17H2,1-2H3,(H,48,50). The maximum Gasteiger partial charge on any atom is 0.461 e. The molecule has 0 saturated carbocycles. The van der Waals surface area contributed by atoms with Crippen LogP contribution in [0.4, 0.5) is 57.1 Å². The predicted octanol–water partition coefficient (Wildman–Crippen LogP) is 9.36. The Balaban J connectivity index is 2.05. The van der Waals surface area contributed by atoms with E-state index in [1.807, 2.05) is 0 Å². The topological polar surface area (TPSA) is 41.6 Å². The molecule has 0 fully saturated rings. The minimum atomic E-state index is -5.39. The molecular weight excluding hydrogens is 715 g/mol. The van der Waals surface area contributed by atoms with Crippen LogP contribution < -0.4 is 10.1 Å². The Morgan fingerprint density at radius 2 is 1.25 bits per heavy atom. The van der Waals surface area contributed by atoms with E-state index in [1.54, 1.807) is 31.1 Å². The quantitative estimate of drug-likeness (QED) is 0.156. The summed E-state index contributed by atoms with van der Waals surface area (Å²) in [5.41, 5.74) is -8.00. The molecule has 0 saturated heterocycles. The first kappa shape index (κ1) is 39.0. The van der Waals surface area contributed by atoms with E-state index in [1.165, 1.54) is 12.1 Å². The Bertz CT molecular complexity index is 1870. The van der Waals surface area contributed by atoms with Crippen LogP contribution in [0.3, 0.4) is 0 Å². The van der Waals surface area contributed by atoms with E-state index in [0.717, 1.165) is 0 Å². The van der Waals surface area contributed by atoms with Gasteiger partial charge in [-0.2, -0.15) is 43.9 Å². The minimum Gasteiger partial charge on any atom is -0.428 e. The summed E-state index contributed by atoms with van der Waals surface area (Å²) in [6.07, 6.45) is -21.1. The molecule has 51 heavy (non-hydrogen) atoms. The van der Waals surface area contributed by atoms with Crippen molar-refractivity contribution in [3.8, 4) is 5.75 Å². The van der Waals surface area contributed by atoms with Gasteiger partial charge in [0.15, 0.2) is 0 Å². The molecule has 0 heterocycles. The lowest BCUT2D eigenvalue weighted by molar-refractivity contribution is -0.253. The Kier molecular flexibility index (Phi) is 11.0. The van der Waals surface area contributed by atoms with Crippen LogP contribution in [-0.2, 0) is 30.9 Å². The molecular formula is C34H25F13N2O2. The number of carbonyl (C=O) groups is 1. The van der Waals surface area contributed by atoms with E-state index in [-0.39, 0.29) is 29.8 Å². The number of carbonyl (C=O) groups excluding carboxylic acids is 1. The molecule has 1 unspecified atom stereocenters. The third-order valence-corrected chi connectivity index (χ3v) is 7.49. The first-order valence-electron chi connectivity index (χ1n) is 14.5. The molecule has 0 bridgehead atoms. The number of hydrogen-bond acceptors (Lipinski definition) is 3. The molecule has 0 aliphatic rings. The first-order valence-corrected chi connectivity index (χ1v) is 14.5. The van der Waals surface area contributed by atoms with Crippen molar-refractivity contribution in [3.63, 3.8) is 0 Å². The molecule has 0 aromatic heterocycles. The van der Waals surface area contributed by atoms with E-state index in [9.17, 15) is 57.5 Å². The highest BCUT2D eigenvalue weighted by Crippen LogP contribution is 2.41. The maximum absolute atomic E-state index is 15.1. The normalized spacial score (nSPS) is 13.7. The molecule has 0 aliphatic carbocycles. The molecule has 4 nitrogen and oxygen atoms in total. The van der Waals surface area contributed by atoms with Gasteiger partial charge in [0.1, 0.15) is 23.2 Å². The van der Waals surface area contributed by atoms with Gasteiger partial charge >= 0.3 is 24.9 Å².